The van der Waals surface area contributed by atoms with Gasteiger partial charge in [-0.05, 0) is 12.1 Å². The molecule has 29 heavy (non-hydrogen) atoms. The van der Waals surface area contributed by atoms with Crippen LogP contribution in [0.5, 0.6) is 5.75 Å². The smallest absolute Gasteiger partial charge is 0.271 e. The molecule has 1 amide bonds. The zero-order valence-corrected chi connectivity index (χ0v) is 17.9. The maximum Gasteiger partial charge on any atom is 0.271 e. The number of hydrogen-bond acceptors (Lipinski definition) is 6. The fourth-order valence-electron chi connectivity index (χ4n) is 3.05. The second kappa shape index (κ2) is 10.4. The highest BCUT2D eigenvalue weighted by atomic mass is 35.5. The number of nitrogens with two attached hydrogens (primary N) is 1. The second-order valence-corrected chi connectivity index (χ2v) is 6.54. The van der Waals surface area contributed by atoms with Gasteiger partial charge in [0.05, 0.1) is 28.3 Å². The van der Waals surface area contributed by atoms with Gasteiger partial charge in [0.2, 0.25) is 0 Å². The van der Waals surface area contributed by atoms with Crippen LogP contribution in [0.1, 0.15) is 10.4 Å². The Kier molecular flexibility index (Phi) is 8.81. The lowest BCUT2D eigenvalue weighted by molar-refractivity contribution is -0.384. The monoisotopic (exact) mass is 462 g/mol. The number of rotatable bonds is 4. The third-order valence-electron chi connectivity index (χ3n) is 4.52. The van der Waals surface area contributed by atoms with Crippen LogP contribution in [0, 0.1) is 10.1 Å². The summed E-state index contributed by atoms with van der Waals surface area (Å²) in [6.45, 7) is 2.09. The van der Waals surface area contributed by atoms with Gasteiger partial charge in [0.25, 0.3) is 11.6 Å². The van der Waals surface area contributed by atoms with Gasteiger partial charge in [-0.25, -0.2) is 0 Å². The molecule has 11 heteroatoms. The number of carbonyl (C=O) groups is 1. The van der Waals surface area contributed by atoms with E-state index in [-0.39, 0.29) is 36.4 Å². The molecule has 0 unspecified atom stereocenters. The summed E-state index contributed by atoms with van der Waals surface area (Å²) < 4.78 is 5.26. The summed E-state index contributed by atoms with van der Waals surface area (Å²) in [5.41, 5.74) is 7.29. The van der Waals surface area contributed by atoms with Crippen LogP contribution in [0.15, 0.2) is 36.4 Å². The maximum atomic E-state index is 12.9. The van der Waals surface area contributed by atoms with E-state index in [0.717, 1.165) is 5.69 Å². The number of methoxy groups -OCH3 is 1. The topological polar surface area (TPSA) is 102 Å². The summed E-state index contributed by atoms with van der Waals surface area (Å²) in [5.74, 6) is 0.190. The van der Waals surface area contributed by atoms with Gasteiger partial charge in [-0.3, -0.25) is 14.9 Å². The molecule has 158 valence electrons. The van der Waals surface area contributed by atoms with Crippen LogP contribution in [-0.4, -0.2) is 49.0 Å². The molecule has 2 aromatic carbocycles. The zero-order valence-electron chi connectivity index (χ0n) is 15.5. The number of nitrogen functional groups attached to an aromatic ring is 1. The van der Waals surface area contributed by atoms with E-state index in [4.69, 9.17) is 22.1 Å². The summed E-state index contributed by atoms with van der Waals surface area (Å²) in [5, 5.41) is 11.2. The Bertz CT molecular complexity index is 889. The first kappa shape index (κ1) is 24.6. The number of nitro groups is 1. The van der Waals surface area contributed by atoms with Crippen molar-refractivity contribution in [3.05, 3.63) is 57.1 Å². The summed E-state index contributed by atoms with van der Waals surface area (Å²) in [7, 11) is 1.47. The van der Waals surface area contributed by atoms with Gasteiger partial charge in [0.1, 0.15) is 5.75 Å². The van der Waals surface area contributed by atoms with Crippen LogP contribution in [0.3, 0.4) is 0 Å². The van der Waals surface area contributed by atoms with E-state index in [1.165, 1.54) is 25.3 Å². The first-order chi connectivity index (χ1) is 12.9. The Labute approximate surface area is 185 Å². The van der Waals surface area contributed by atoms with E-state index in [1.807, 2.05) is 11.0 Å². The van der Waals surface area contributed by atoms with E-state index in [2.05, 4.69) is 0 Å². The van der Waals surface area contributed by atoms with Crippen molar-refractivity contribution < 1.29 is 14.5 Å². The van der Waals surface area contributed by atoms with Gasteiger partial charge >= 0.3 is 0 Å². The molecule has 0 radical (unpaired) electrons. The van der Waals surface area contributed by atoms with Crippen molar-refractivity contribution in [2.75, 3.05) is 43.9 Å². The van der Waals surface area contributed by atoms with E-state index < -0.39 is 4.92 Å². The van der Waals surface area contributed by atoms with Gasteiger partial charge in [0, 0.05) is 50.1 Å². The van der Waals surface area contributed by atoms with Crippen LogP contribution < -0.4 is 15.4 Å². The SMILES string of the molecule is COc1cc(N)c(Cl)cc1C(=O)N1CCN(c2cccc([N+](=O)[O-])c2)CC1.Cl.Cl. The minimum absolute atomic E-state index is 0. The standard InChI is InChI=1S/C18H19ClN4O4.2ClH/c1-27-17-11-16(20)15(19)10-14(17)18(24)22-7-5-21(6-8-22)12-3-2-4-13(9-12)23(25)26;;/h2-4,9-11H,5-8,20H2,1H3;2*1H. The van der Waals surface area contributed by atoms with Crippen molar-refractivity contribution in [3.8, 4) is 5.75 Å². The van der Waals surface area contributed by atoms with E-state index >= 15 is 0 Å². The van der Waals surface area contributed by atoms with Crippen LogP contribution in [0.2, 0.25) is 5.02 Å². The molecule has 2 aromatic rings. The normalized spacial score (nSPS) is 13.2. The highest BCUT2D eigenvalue weighted by molar-refractivity contribution is 6.33. The van der Waals surface area contributed by atoms with Crippen molar-refractivity contribution in [2.24, 2.45) is 0 Å². The average molecular weight is 464 g/mol. The molecule has 1 fully saturated rings. The van der Waals surface area contributed by atoms with E-state index in [1.54, 1.807) is 17.0 Å². The highest BCUT2D eigenvalue weighted by Crippen LogP contribution is 2.30. The number of carbonyl (C=O) groups excluding carboxylic acids is 1. The zero-order chi connectivity index (χ0) is 19.6. The molecule has 1 heterocycles. The van der Waals surface area contributed by atoms with Crippen molar-refractivity contribution in [3.63, 3.8) is 0 Å². The van der Waals surface area contributed by atoms with Crippen molar-refractivity contribution >= 4 is 59.4 Å². The second-order valence-electron chi connectivity index (χ2n) is 6.13. The number of hydrogen-bond donors (Lipinski definition) is 1. The fraction of sp³-hybridized carbons (Fsp3) is 0.278. The Morgan fingerprint density at radius 1 is 1.17 bits per heavy atom. The van der Waals surface area contributed by atoms with Crippen LogP contribution in [0.25, 0.3) is 0 Å². The molecule has 0 saturated carbocycles. The molecule has 1 saturated heterocycles. The summed E-state index contributed by atoms with van der Waals surface area (Å²) in [6, 6.07) is 9.54. The highest BCUT2D eigenvalue weighted by Gasteiger charge is 2.25. The molecule has 0 bridgehead atoms. The van der Waals surface area contributed by atoms with Gasteiger partial charge in [-0.1, -0.05) is 17.7 Å². The Morgan fingerprint density at radius 2 is 1.83 bits per heavy atom. The van der Waals surface area contributed by atoms with Gasteiger partial charge in [0.15, 0.2) is 0 Å². The van der Waals surface area contributed by atoms with Gasteiger partial charge in [-0.2, -0.15) is 0 Å². The Hall–Kier alpha value is -2.42. The van der Waals surface area contributed by atoms with Crippen LogP contribution in [-0.2, 0) is 0 Å². The molecular formula is C18H21Cl3N4O4. The number of ether oxygens (including phenoxy) is 1. The lowest BCUT2D eigenvalue weighted by Gasteiger charge is -2.36. The number of anilines is 2. The van der Waals surface area contributed by atoms with Crippen molar-refractivity contribution in [1.82, 2.24) is 4.90 Å². The third-order valence-corrected chi connectivity index (χ3v) is 4.85. The first-order valence-electron chi connectivity index (χ1n) is 8.32. The fourth-order valence-corrected chi connectivity index (χ4v) is 3.21. The number of nitro benzene ring substituents is 1. The largest absolute Gasteiger partial charge is 0.496 e. The maximum absolute atomic E-state index is 12.9. The number of piperazine rings is 1. The molecule has 0 aromatic heterocycles. The minimum Gasteiger partial charge on any atom is -0.496 e. The molecular weight excluding hydrogens is 443 g/mol. The number of amides is 1. The molecule has 0 spiro atoms. The summed E-state index contributed by atoms with van der Waals surface area (Å²) in [6.07, 6.45) is 0. The quantitative estimate of drug-likeness (QED) is 0.422. The molecule has 0 aliphatic carbocycles. The number of non-ortho nitro benzene ring substituents is 1. The first-order valence-corrected chi connectivity index (χ1v) is 8.70. The van der Waals surface area contributed by atoms with Gasteiger partial charge in [-0.15, -0.1) is 24.8 Å². The van der Waals surface area contributed by atoms with Crippen LogP contribution >= 0.6 is 36.4 Å². The number of benzene rings is 2. The third kappa shape index (κ3) is 5.35. The molecule has 1 aliphatic rings. The molecule has 8 nitrogen and oxygen atoms in total. The molecule has 0 atom stereocenters. The summed E-state index contributed by atoms with van der Waals surface area (Å²) in [4.78, 5) is 27.1. The predicted molar refractivity (Wildman–Crippen MR) is 118 cm³/mol. The number of nitrogens with zero attached hydrogens (tertiary/aromatic N) is 3. The molecule has 2 N–H and O–H groups in total. The lowest BCUT2D eigenvalue weighted by Crippen LogP contribution is -2.48. The van der Waals surface area contributed by atoms with Gasteiger partial charge < -0.3 is 20.3 Å². The van der Waals surface area contributed by atoms with E-state index in [0.29, 0.717) is 48.2 Å². The average Bonchev–Trinajstić information content (AvgIpc) is 2.69. The minimum atomic E-state index is -0.416. The van der Waals surface area contributed by atoms with Crippen molar-refractivity contribution in [1.29, 1.82) is 0 Å². The van der Waals surface area contributed by atoms with Crippen LogP contribution in [0.4, 0.5) is 17.1 Å². The molecule has 3 rings (SSSR count). The Balaban J connectivity index is 0.00000210. The number of halogens is 3. The van der Waals surface area contributed by atoms with E-state index in [9.17, 15) is 14.9 Å². The predicted octanol–water partition coefficient (Wildman–Crippen LogP) is 3.65. The molecule has 1 aliphatic heterocycles. The lowest BCUT2D eigenvalue weighted by atomic mass is 10.1. The van der Waals surface area contributed by atoms with Crippen molar-refractivity contribution in [2.45, 2.75) is 0 Å². The Morgan fingerprint density at radius 3 is 2.41 bits per heavy atom. The summed E-state index contributed by atoms with van der Waals surface area (Å²) >= 11 is 6.05.